The Hall–Kier alpha value is -1.98. The molecule has 0 fully saturated rings. The van der Waals surface area contributed by atoms with Crippen LogP contribution in [0.1, 0.15) is 12.0 Å². The Morgan fingerprint density at radius 1 is 1.04 bits per heavy atom. The number of amides is 2. The van der Waals surface area contributed by atoms with Crippen molar-refractivity contribution in [3.63, 3.8) is 0 Å². The molecule has 0 saturated carbocycles. The second kappa shape index (κ2) is 9.35. The highest BCUT2D eigenvalue weighted by molar-refractivity contribution is 7.99. The average Bonchev–Trinajstić information content (AvgIpc) is 2.58. The molecule has 0 aliphatic carbocycles. The fourth-order valence-corrected chi connectivity index (χ4v) is 3.21. The lowest BCUT2D eigenvalue weighted by Gasteiger charge is -2.07. The fraction of sp³-hybridized carbons (Fsp3) is 0.222. The second-order valence-electron chi connectivity index (χ2n) is 5.12. The van der Waals surface area contributed by atoms with Crippen LogP contribution in [0.4, 0.5) is 5.69 Å². The number of hydrogen-bond donors (Lipinski definition) is 2. The summed E-state index contributed by atoms with van der Waals surface area (Å²) in [7, 11) is 1.61. The zero-order valence-corrected chi connectivity index (χ0v) is 14.9. The molecule has 24 heavy (non-hydrogen) atoms. The smallest absolute Gasteiger partial charge is 0.225 e. The first-order valence-electron chi connectivity index (χ1n) is 7.55. The summed E-state index contributed by atoms with van der Waals surface area (Å²) in [6.07, 6.45) is 0.731. The van der Waals surface area contributed by atoms with Gasteiger partial charge in [-0.3, -0.25) is 9.59 Å². The van der Waals surface area contributed by atoms with E-state index in [0.717, 1.165) is 16.1 Å². The van der Waals surface area contributed by atoms with Crippen molar-refractivity contribution in [1.82, 2.24) is 5.32 Å². The number of nitrogens with one attached hydrogen (secondary N) is 2. The van der Waals surface area contributed by atoms with Gasteiger partial charge in [0.1, 0.15) is 0 Å². The second-order valence-corrected chi connectivity index (χ2v) is 6.67. The summed E-state index contributed by atoms with van der Waals surface area (Å²) in [6, 6.07) is 14.9. The predicted molar refractivity (Wildman–Crippen MR) is 99.6 cm³/mol. The zero-order valence-electron chi connectivity index (χ0n) is 13.3. The largest absolute Gasteiger partial charge is 0.359 e. The van der Waals surface area contributed by atoms with Gasteiger partial charge in [0.15, 0.2) is 0 Å². The number of halogens is 1. The van der Waals surface area contributed by atoms with Crippen LogP contribution in [0, 0.1) is 0 Å². The van der Waals surface area contributed by atoms with E-state index in [1.807, 2.05) is 36.4 Å². The standard InChI is InChI=1S/C18H19ClN2O2S/c1-20-18(23)12-13-6-8-14(9-7-13)21-17(22)10-11-24-16-5-3-2-4-15(16)19/h2-9H,10-12H2,1H3,(H,20,23)(H,21,22). The minimum Gasteiger partial charge on any atom is -0.359 e. The summed E-state index contributed by atoms with van der Waals surface area (Å²) in [4.78, 5) is 24.3. The third kappa shape index (κ3) is 5.91. The van der Waals surface area contributed by atoms with Crippen molar-refractivity contribution in [2.24, 2.45) is 0 Å². The van der Waals surface area contributed by atoms with Gasteiger partial charge in [0.2, 0.25) is 11.8 Å². The Balaban J connectivity index is 1.78. The predicted octanol–water partition coefficient (Wildman–Crippen LogP) is 3.75. The van der Waals surface area contributed by atoms with Crippen LogP contribution in [0.15, 0.2) is 53.4 Å². The van der Waals surface area contributed by atoms with Gasteiger partial charge >= 0.3 is 0 Å². The van der Waals surface area contributed by atoms with E-state index in [1.165, 1.54) is 0 Å². The monoisotopic (exact) mass is 362 g/mol. The van der Waals surface area contributed by atoms with Gasteiger partial charge in [-0.05, 0) is 29.8 Å². The highest BCUT2D eigenvalue weighted by atomic mass is 35.5. The molecule has 0 heterocycles. The Kier molecular flexibility index (Phi) is 7.15. The zero-order chi connectivity index (χ0) is 17.4. The molecule has 126 valence electrons. The van der Waals surface area contributed by atoms with Crippen molar-refractivity contribution in [3.05, 3.63) is 59.1 Å². The van der Waals surface area contributed by atoms with Crippen molar-refractivity contribution in [2.75, 3.05) is 18.1 Å². The van der Waals surface area contributed by atoms with E-state index in [0.29, 0.717) is 23.6 Å². The van der Waals surface area contributed by atoms with E-state index < -0.39 is 0 Å². The van der Waals surface area contributed by atoms with E-state index in [1.54, 1.807) is 30.9 Å². The quantitative estimate of drug-likeness (QED) is 0.737. The fourth-order valence-electron chi connectivity index (χ4n) is 2.02. The number of carbonyl (C=O) groups excluding carboxylic acids is 2. The minimum absolute atomic E-state index is 0.0385. The van der Waals surface area contributed by atoms with Gasteiger partial charge in [0.05, 0.1) is 11.4 Å². The molecule has 0 atom stereocenters. The molecule has 2 aromatic rings. The van der Waals surface area contributed by atoms with E-state index >= 15 is 0 Å². The van der Waals surface area contributed by atoms with Crippen LogP contribution in [0.25, 0.3) is 0 Å². The van der Waals surface area contributed by atoms with Gasteiger partial charge in [0, 0.05) is 29.8 Å². The Morgan fingerprint density at radius 3 is 2.42 bits per heavy atom. The molecule has 2 amide bonds. The molecule has 0 aromatic heterocycles. The molecule has 4 nitrogen and oxygen atoms in total. The van der Waals surface area contributed by atoms with Gasteiger partial charge in [-0.15, -0.1) is 11.8 Å². The molecule has 0 aliphatic heterocycles. The van der Waals surface area contributed by atoms with Gasteiger partial charge in [-0.1, -0.05) is 35.9 Å². The maximum atomic E-state index is 12.0. The topological polar surface area (TPSA) is 58.2 Å². The van der Waals surface area contributed by atoms with Crippen molar-refractivity contribution in [3.8, 4) is 0 Å². The molecule has 2 rings (SSSR count). The summed E-state index contributed by atoms with van der Waals surface area (Å²) < 4.78 is 0. The van der Waals surface area contributed by atoms with E-state index in [2.05, 4.69) is 10.6 Å². The molecule has 0 saturated heterocycles. The van der Waals surface area contributed by atoms with Crippen LogP contribution in [0.3, 0.4) is 0 Å². The molecule has 0 bridgehead atoms. The lowest BCUT2D eigenvalue weighted by Crippen LogP contribution is -2.19. The number of hydrogen-bond acceptors (Lipinski definition) is 3. The number of carbonyl (C=O) groups is 2. The molecular formula is C18H19ClN2O2S. The average molecular weight is 363 g/mol. The lowest BCUT2D eigenvalue weighted by atomic mass is 10.1. The maximum Gasteiger partial charge on any atom is 0.225 e. The van der Waals surface area contributed by atoms with Crippen molar-refractivity contribution < 1.29 is 9.59 Å². The summed E-state index contributed by atoms with van der Waals surface area (Å²) in [6.45, 7) is 0. The first-order chi connectivity index (χ1) is 11.6. The molecular weight excluding hydrogens is 344 g/mol. The first kappa shape index (κ1) is 18.4. The van der Waals surface area contributed by atoms with Crippen LogP contribution in [-0.2, 0) is 16.0 Å². The highest BCUT2D eigenvalue weighted by Crippen LogP contribution is 2.27. The normalized spacial score (nSPS) is 10.2. The Bertz CT molecular complexity index is 704. The van der Waals surface area contributed by atoms with Gasteiger partial charge in [0.25, 0.3) is 0 Å². The highest BCUT2D eigenvalue weighted by Gasteiger charge is 2.06. The molecule has 2 aromatic carbocycles. The molecule has 6 heteroatoms. The molecule has 2 N–H and O–H groups in total. The number of likely N-dealkylation sites (N-methyl/N-ethyl adjacent to an activating group) is 1. The SMILES string of the molecule is CNC(=O)Cc1ccc(NC(=O)CCSc2ccccc2Cl)cc1. The summed E-state index contributed by atoms with van der Waals surface area (Å²) in [5.74, 6) is 0.571. The van der Waals surface area contributed by atoms with E-state index in [-0.39, 0.29) is 11.8 Å². The van der Waals surface area contributed by atoms with Gasteiger partial charge in [-0.25, -0.2) is 0 Å². The first-order valence-corrected chi connectivity index (χ1v) is 8.91. The number of benzene rings is 2. The third-order valence-corrected chi connectivity index (χ3v) is 4.82. The Labute approximate surface area is 151 Å². The van der Waals surface area contributed by atoms with E-state index in [9.17, 15) is 9.59 Å². The molecule has 0 spiro atoms. The lowest BCUT2D eigenvalue weighted by molar-refractivity contribution is -0.120. The summed E-state index contributed by atoms with van der Waals surface area (Å²) in [5, 5.41) is 6.14. The summed E-state index contributed by atoms with van der Waals surface area (Å²) >= 11 is 7.64. The minimum atomic E-state index is -0.0476. The van der Waals surface area contributed by atoms with Crippen molar-refractivity contribution in [1.29, 1.82) is 0 Å². The van der Waals surface area contributed by atoms with Gasteiger partial charge < -0.3 is 10.6 Å². The van der Waals surface area contributed by atoms with Crippen LogP contribution in [-0.4, -0.2) is 24.6 Å². The molecule has 0 radical (unpaired) electrons. The van der Waals surface area contributed by atoms with Crippen molar-refractivity contribution in [2.45, 2.75) is 17.7 Å². The van der Waals surface area contributed by atoms with E-state index in [4.69, 9.17) is 11.6 Å². The maximum absolute atomic E-state index is 12.0. The van der Waals surface area contributed by atoms with Crippen LogP contribution in [0.2, 0.25) is 5.02 Å². The number of thioether (sulfide) groups is 1. The summed E-state index contributed by atoms with van der Waals surface area (Å²) in [5.41, 5.74) is 1.63. The number of rotatable bonds is 7. The third-order valence-electron chi connectivity index (χ3n) is 3.30. The van der Waals surface area contributed by atoms with Crippen molar-refractivity contribution >= 4 is 40.9 Å². The van der Waals surface area contributed by atoms with Crippen LogP contribution >= 0.6 is 23.4 Å². The van der Waals surface area contributed by atoms with Gasteiger partial charge in [-0.2, -0.15) is 0 Å². The number of anilines is 1. The Morgan fingerprint density at radius 2 is 1.75 bits per heavy atom. The molecule has 0 aliphatic rings. The molecule has 0 unspecified atom stereocenters. The van der Waals surface area contributed by atoms with Crippen LogP contribution in [0.5, 0.6) is 0 Å². The van der Waals surface area contributed by atoms with Crippen LogP contribution < -0.4 is 10.6 Å².